The van der Waals surface area contributed by atoms with E-state index >= 15 is 0 Å². The van der Waals surface area contributed by atoms with Crippen LogP contribution in [0, 0.1) is 0 Å². The number of Topliss-reactive ketones (excluding diaryl/α,β-unsaturated/α-hetero) is 1. The van der Waals surface area contributed by atoms with Crippen molar-refractivity contribution in [1.29, 1.82) is 0 Å². The van der Waals surface area contributed by atoms with Gasteiger partial charge >= 0.3 is 0 Å². The van der Waals surface area contributed by atoms with Gasteiger partial charge in [-0.05, 0) is 47.2 Å². The molecule has 30 heavy (non-hydrogen) atoms. The second kappa shape index (κ2) is 10.6. The van der Waals surface area contributed by atoms with Crippen molar-refractivity contribution in [3.05, 3.63) is 56.5 Å². The zero-order valence-electron chi connectivity index (χ0n) is 17.2. The molecule has 0 aliphatic heterocycles. The van der Waals surface area contributed by atoms with E-state index in [9.17, 15) is 18.3 Å². The van der Waals surface area contributed by atoms with Gasteiger partial charge in [-0.15, -0.1) is 0 Å². The Labute approximate surface area is 191 Å². The fourth-order valence-electron chi connectivity index (χ4n) is 2.98. The lowest BCUT2D eigenvalue weighted by atomic mass is 9.96. The number of hydrogen-bond donors (Lipinski definition) is 1. The number of ketones is 1. The lowest BCUT2D eigenvalue weighted by Crippen LogP contribution is -2.13. The minimum atomic E-state index is -3.07. The van der Waals surface area contributed by atoms with E-state index in [1.54, 1.807) is 18.2 Å². The minimum absolute atomic E-state index is 0.0133. The van der Waals surface area contributed by atoms with Crippen molar-refractivity contribution in [2.75, 3.05) is 18.6 Å². The van der Waals surface area contributed by atoms with Crippen molar-refractivity contribution in [2.24, 2.45) is 0 Å². The number of ether oxygens (including phenoxy) is 1. The van der Waals surface area contributed by atoms with Crippen LogP contribution in [0.2, 0.25) is 5.02 Å². The maximum absolute atomic E-state index is 11.9. The van der Waals surface area contributed by atoms with E-state index in [-0.39, 0.29) is 42.7 Å². The summed E-state index contributed by atoms with van der Waals surface area (Å²) in [6.07, 6.45) is 2.16. The summed E-state index contributed by atoms with van der Waals surface area (Å²) in [5.74, 6) is 0.764. The molecule has 164 valence electrons. The SMILES string of the molecule is CC(C)c1cc(Cc2c(Cl)cc(OCC(=O)CCCS(C)(=O)=O)cc2Br)ccc1O. The van der Waals surface area contributed by atoms with Crippen LogP contribution in [-0.2, 0) is 21.1 Å². The molecule has 0 bridgehead atoms. The zero-order chi connectivity index (χ0) is 22.5. The Morgan fingerprint density at radius 2 is 1.93 bits per heavy atom. The van der Waals surface area contributed by atoms with Gasteiger partial charge < -0.3 is 9.84 Å². The minimum Gasteiger partial charge on any atom is -0.508 e. The zero-order valence-corrected chi connectivity index (χ0v) is 20.4. The molecule has 0 amide bonds. The standard InChI is InChI=1S/C22H26BrClO5S/c1-14(2)18-9-15(6-7-22(18)26)10-19-20(23)11-17(12-21(19)24)29-13-16(25)5-4-8-30(3,27)28/h6-7,9,11-12,14,26H,4-5,8,10,13H2,1-3H3. The molecule has 8 heteroatoms. The monoisotopic (exact) mass is 516 g/mol. The summed E-state index contributed by atoms with van der Waals surface area (Å²) in [6, 6.07) is 8.95. The molecule has 0 heterocycles. The van der Waals surface area contributed by atoms with Gasteiger partial charge in [0.1, 0.15) is 27.9 Å². The summed E-state index contributed by atoms with van der Waals surface area (Å²) in [5, 5.41) is 10.5. The number of aromatic hydroxyl groups is 1. The van der Waals surface area contributed by atoms with Gasteiger partial charge in [0.2, 0.25) is 0 Å². The van der Waals surface area contributed by atoms with Crippen LogP contribution in [0.25, 0.3) is 0 Å². The summed E-state index contributed by atoms with van der Waals surface area (Å²) in [7, 11) is -3.07. The first kappa shape index (κ1) is 24.7. The predicted octanol–water partition coefficient (Wildman–Crippen LogP) is 5.30. The molecular formula is C22H26BrClO5S. The Hall–Kier alpha value is -1.57. The highest BCUT2D eigenvalue weighted by molar-refractivity contribution is 9.10. The molecule has 2 aromatic rings. The Kier molecular flexibility index (Phi) is 8.76. The van der Waals surface area contributed by atoms with Gasteiger partial charge in [-0.1, -0.05) is 53.5 Å². The molecule has 0 radical (unpaired) electrons. The van der Waals surface area contributed by atoms with Crippen molar-refractivity contribution in [1.82, 2.24) is 0 Å². The van der Waals surface area contributed by atoms with Crippen molar-refractivity contribution < 1.29 is 23.1 Å². The van der Waals surface area contributed by atoms with Crippen molar-refractivity contribution in [2.45, 2.75) is 39.0 Å². The topological polar surface area (TPSA) is 80.7 Å². The smallest absolute Gasteiger partial charge is 0.170 e. The Morgan fingerprint density at radius 3 is 2.53 bits per heavy atom. The van der Waals surface area contributed by atoms with E-state index < -0.39 is 9.84 Å². The fourth-order valence-corrected chi connectivity index (χ4v) is 4.62. The summed E-state index contributed by atoms with van der Waals surface area (Å²) in [4.78, 5) is 11.9. The summed E-state index contributed by atoms with van der Waals surface area (Å²) < 4.78 is 28.5. The second-order valence-corrected chi connectivity index (χ2v) is 11.2. The van der Waals surface area contributed by atoms with E-state index in [0.717, 1.165) is 27.4 Å². The molecule has 5 nitrogen and oxygen atoms in total. The van der Waals surface area contributed by atoms with Crippen LogP contribution in [0.4, 0.5) is 0 Å². The molecule has 2 rings (SSSR count). The first-order chi connectivity index (χ1) is 14.0. The Morgan fingerprint density at radius 1 is 1.23 bits per heavy atom. The molecule has 0 saturated carbocycles. The van der Waals surface area contributed by atoms with E-state index in [1.165, 1.54) is 0 Å². The number of rotatable bonds is 10. The van der Waals surface area contributed by atoms with E-state index in [1.807, 2.05) is 26.0 Å². The van der Waals surface area contributed by atoms with Crippen molar-refractivity contribution in [3.63, 3.8) is 0 Å². The van der Waals surface area contributed by atoms with Crippen LogP contribution in [0.5, 0.6) is 11.5 Å². The van der Waals surface area contributed by atoms with Crippen LogP contribution < -0.4 is 4.74 Å². The number of phenolic OH excluding ortho intramolecular Hbond substituents is 1. The lowest BCUT2D eigenvalue weighted by Gasteiger charge is -2.14. The number of phenols is 1. The molecule has 0 saturated heterocycles. The highest BCUT2D eigenvalue weighted by Gasteiger charge is 2.13. The third-order valence-corrected chi connectivity index (χ3v) is 6.65. The summed E-state index contributed by atoms with van der Waals surface area (Å²) >= 11 is 9.98. The predicted molar refractivity (Wildman–Crippen MR) is 124 cm³/mol. The maximum atomic E-state index is 11.9. The maximum Gasteiger partial charge on any atom is 0.170 e. The number of carbonyl (C=O) groups excluding carboxylic acids is 1. The first-order valence-corrected chi connectivity index (χ1v) is 12.8. The lowest BCUT2D eigenvalue weighted by molar-refractivity contribution is -0.121. The van der Waals surface area contributed by atoms with E-state index in [2.05, 4.69) is 15.9 Å². The molecule has 2 aromatic carbocycles. The number of carbonyl (C=O) groups is 1. The molecule has 0 unspecified atom stereocenters. The molecule has 0 fully saturated rings. The number of benzene rings is 2. The molecule has 0 aliphatic carbocycles. The van der Waals surface area contributed by atoms with Crippen LogP contribution in [0.15, 0.2) is 34.8 Å². The van der Waals surface area contributed by atoms with Gasteiger partial charge in [0.05, 0.1) is 5.75 Å². The molecule has 1 N–H and O–H groups in total. The summed E-state index contributed by atoms with van der Waals surface area (Å²) in [5.41, 5.74) is 2.78. The third kappa shape index (κ3) is 7.60. The van der Waals surface area contributed by atoms with Crippen LogP contribution in [-0.4, -0.2) is 37.9 Å². The van der Waals surface area contributed by atoms with Gasteiger partial charge in [-0.2, -0.15) is 0 Å². The molecule has 0 aromatic heterocycles. The normalized spacial score (nSPS) is 11.7. The molecule has 0 spiro atoms. The number of halogens is 2. The largest absolute Gasteiger partial charge is 0.508 e. The Bertz CT molecular complexity index is 995. The third-order valence-electron chi connectivity index (χ3n) is 4.58. The van der Waals surface area contributed by atoms with Crippen LogP contribution >= 0.6 is 27.5 Å². The average molecular weight is 518 g/mol. The average Bonchev–Trinajstić information content (AvgIpc) is 2.63. The van der Waals surface area contributed by atoms with Crippen molar-refractivity contribution >= 4 is 43.2 Å². The van der Waals surface area contributed by atoms with E-state index in [4.69, 9.17) is 16.3 Å². The van der Waals surface area contributed by atoms with Gasteiger partial charge in [0, 0.05) is 28.6 Å². The van der Waals surface area contributed by atoms with Gasteiger partial charge in [-0.25, -0.2) is 8.42 Å². The first-order valence-electron chi connectivity index (χ1n) is 9.58. The van der Waals surface area contributed by atoms with Crippen LogP contribution in [0.1, 0.15) is 49.3 Å². The number of sulfone groups is 1. The van der Waals surface area contributed by atoms with Gasteiger partial charge in [0.25, 0.3) is 0 Å². The van der Waals surface area contributed by atoms with Gasteiger partial charge in [0.15, 0.2) is 5.78 Å². The highest BCUT2D eigenvalue weighted by atomic mass is 79.9. The highest BCUT2D eigenvalue weighted by Crippen LogP contribution is 2.34. The fraction of sp³-hybridized carbons (Fsp3) is 0.409. The summed E-state index contributed by atoms with van der Waals surface area (Å²) in [6.45, 7) is 3.91. The quantitative estimate of drug-likeness (QED) is 0.463. The van der Waals surface area contributed by atoms with Crippen LogP contribution in [0.3, 0.4) is 0 Å². The molecule has 0 aliphatic rings. The van der Waals surface area contributed by atoms with Crippen molar-refractivity contribution in [3.8, 4) is 11.5 Å². The number of hydrogen-bond acceptors (Lipinski definition) is 5. The molecule has 0 atom stereocenters. The molecular weight excluding hydrogens is 492 g/mol. The Balaban J connectivity index is 2.03. The second-order valence-electron chi connectivity index (χ2n) is 7.65. The van der Waals surface area contributed by atoms with E-state index in [0.29, 0.717) is 17.2 Å². The van der Waals surface area contributed by atoms with Gasteiger partial charge in [-0.3, -0.25) is 4.79 Å².